The van der Waals surface area contributed by atoms with Gasteiger partial charge in [-0.15, -0.1) is 0 Å². The summed E-state index contributed by atoms with van der Waals surface area (Å²) in [4.78, 5) is 11.2. The molecule has 2 aliphatic rings. The van der Waals surface area contributed by atoms with Crippen molar-refractivity contribution >= 4 is 29.0 Å². The van der Waals surface area contributed by atoms with Crippen LogP contribution < -0.4 is 10.7 Å². The third-order valence-corrected chi connectivity index (χ3v) is 4.91. The summed E-state index contributed by atoms with van der Waals surface area (Å²) in [5, 5.41) is 25.1. The third-order valence-electron chi connectivity index (χ3n) is 3.33. The van der Waals surface area contributed by atoms with Crippen molar-refractivity contribution in [2.75, 3.05) is 6.54 Å². The summed E-state index contributed by atoms with van der Waals surface area (Å²) in [7, 11) is 0. The summed E-state index contributed by atoms with van der Waals surface area (Å²) in [5.74, 6) is 0. The second-order valence-corrected chi connectivity index (χ2v) is 6.30. The molecule has 0 spiro atoms. The molecule has 1 saturated heterocycles. The van der Waals surface area contributed by atoms with Crippen molar-refractivity contribution in [3.8, 4) is 6.07 Å². The minimum Gasteiger partial charge on any atom is -0.323 e. The number of nitriles is 1. The molecular formula is C11H11N5O2S2. The topological polar surface area (TPSA) is 94.2 Å². The Hall–Kier alpha value is -1.60. The summed E-state index contributed by atoms with van der Waals surface area (Å²) in [6.07, 6.45) is 1.45. The molecule has 7 nitrogen and oxygen atoms in total. The average Bonchev–Trinajstić information content (AvgIpc) is 3.03. The van der Waals surface area contributed by atoms with Gasteiger partial charge in [0, 0.05) is 28.9 Å². The largest absolute Gasteiger partial charge is 0.324 e. The predicted molar refractivity (Wildman–Crippen MR) is 76.9 cm³/mol. The summed E-state index contributed by atoms with van der Waals surface area (Å²) >= 11 is 5.70. The van der Waals surface area contributed by atoms with E-state index in [0.29, 0.717) is 12.1 Å². The number of fused-ring (bicyclic) bond motifs is 1. The highest BCUT2D eigenvalue weighted by Crippen LogP contribution is 2.35. The lowest BCUT2D eigenvalue weighted by molar-refractivity contribution is -0.380. The van der Waals surface area contributed by atoms with Gasteiger partial charge in [-0.3, -0.25) is 15.4 Å². The van der Waals surface area contributed by atoms with Gasteiger partial charge in [-0.1, -0.05) is 11.3 Å². The number of thiophene rings is 1. The van der Waals surface area contributed by atoms with Crippen LogP contribution in [0, 0.1) is 21.4 Å². The van der Waals surface area contributed by atoms with Crippen molar-refractivity contribution in [3.05, 3.63) is 38.9 Å². The number of nitro groups is 1. The van der Waals surface area contributed by atoms with Gasteiger partial charge in [0.1, 0.15) is 6.17 Å². The zero-order valence-electron chi connectivity index (χ0n) is 10.2. The molecule has 3 atom stereocenters. The van der Waals surface area contributed by atoms with Crippen molar-refractivity contribution in [2.45, 2.75) is 17.5 Å². The molecule has 0 bridgehead atoms. The molecule has 0 aliphatic carbocycles. The Bertz CT molecular complexity index is 623. The lowest BCUT2D eigenvalue weighted by Crippen LogP contribution is -2.58. The average molecular weight is 309 g/mol. The van der Waals surface area contributed by atoms with Gasteiger partial charge in [0.25, 0.3) is 0 Å². The first-order valence-electron chi connectivity index (χ1n) is 5.91. The van der Waals surface area contributed by atoms with E-state index in [4.69, 9.17) is 5.26 Å². The first-order valence-corrected chi connectivity index (χ1v) is 7.24. The van der Waals surface area contributed by atoms with Gasteiger partial charge in [0.2, 0.25) is 0 Å². The maximum Gasteiger partial charge on any atom is 0.324 e. The molecule has 3 unspecified atom stereocenters. The molecule has 1 aromatic rings. The normalized spacial score (nSPS) is 29.2. The monoisotopic (exact) mass is 309 g/mol. The van der Waals surface area contributed by atoms with Crippen LogP contribution >= 0.6 is 24.0 Å². The first kappa shape index (κ1) is 13.4. The quantitative estimate of drug-likeness (QED) is 0.431. The molecule has 0 aromatic carbocycles. The highest BCUT2D eigenvalue weighted by Gasteiger charge is 2.39. The van der Waals surface area contributed by atoms with Crippen LogP contribution in [0.5, 0.6) is 0 Å². The van der Waals surface area contributed by atoms with Crippen LogP contribution in [0.3, 0.4) is 0 Å². The van der Waals surface area contributed by atoms with Crippen LogP contribution in [0.1, 0.15) is 10.9 Å². The van der Waals surface area contributed by atoms with Gasteiger partial charge in [-0.25, -0.2) is 5.01 Å². The van der Waals surface area contributed by atoms with Crippen LogP contribution in [0.15, 0.2) is 23.9 Å². The molecule has 1 fully saturated rings. The second kappa shape index (κ2) is 5.06. The number of thiol groups is 1. The molecule has 9 heteroatoms. The molecule has 1 aromatic heterocycles. The van der Waals surface area contributed by atoms with E-state index in [1.807, 2.05) is 5.01 Å². The van der Waals surface area contributed by atoms with E-state index in [9.17, 15) is 10.1 Å². The number of hydrogen-bond acceptors (Lipinski definition) is 8. The van der Waals surface area contributed by atoms with E-state index in [2.05, 4.69) is 29.4 Å². The Morgan fingerprint density at radius 3 is 3.05 bits per heavy atom. The fourth-order valence-corrected chi connectivity index (χ4v) is 3.84. The Balaban J connectivity index is 1.84. The van der Waals surface area contributed by atoms with Gasteiger partial charge in [0.05, 0.1) is 22.6 Å². The molecule has 104 valence electrons. The van der Waals surface area contributed by atoms with Gasteiger partial charge in [0.15, 0.2) is 0 Å². The number of hydrogen-bond donors (Lipinski definition) is 3. The van der Waals surface area contributed by atoms with Gasteiger partial charge < -0.3 is 5.43 Å². The van der Waals surface area contributed by atoms with E-state index < -0.39 is 4.92 Å². The highest BCUT2D eigenvalue weighted by molar-refractivity contribution is 7.81. The lowest BCUT2D eigenvalue weighted by Gasteiger charge is -2.39. The molecule has 2 aliphatic heterocycles. The van der Waals surface area contributed by atoms with Crippen molar-refractivity contribution in [1.82, 2.24) is 15.8 Å². The Morgan fingerprint density at radius 2 is 2.40 bits per heavy atom. The summed E-state index contributed by atoms with van der Waals surface area (Å²) in [5.41, 5.74) is 3.62. The Kier molecular flexibility index (Phi) is 3.39. The first-order chi connectivity index (χ1) is 9.60. The smallest absolute Gasteiger partial charge is 0.323 e. The SMILES string of the molecule is N#CC1=CNN2CC(S)C(c3ccc([N+](=O)[O-])s3)NC12. The fourth-order valence-electron chi connectivity index (χ4n) is 2.37. The highest BCUT2D eigenvalue weighted by atomic mass is 32.1. The van der Waals surface area contributed by atoms with Crippen molar-refractivity contribution in [1.29, 1.82) is 5.26 Å². The van der Waals surface area contributed by atoms with E-state index in [-0.39, 0.29) is 22.5 Å². The summed E-state index contributed by atoms with van der Waals surface area (Å²) in [6.45, 7) is 0.638. The molecule has 0 amide bonds. The molecule has 3 heterocycles. The minimum absolute atomic E-state index is 0.0246. The minimum atomic E-state index is -0.394. The zero-order chi connectivity index (χ0) is 14.3. The van der Waals surface area contributed by atoms with Crippen LogP contribution in [-0.4, -0.2) is 27.9 Å². The Morgan fingerprint density at radius 1 is 1.60 bits per heavy atom. The Labute approximate surface area is 124 Å². The second-order valence-electron chi connectivity index (χ2n) is 4.54. The molecule has 3 rings (SSSR count). The van der Waals surface area contributed by atoms with Gasteiger partial charge >= 0.3 is 5.00 Å². The zero-order valence-corrected chi connectivity index (χ0v) is 11.9. The lowest BCUT2D eigenvalue weighted by atomic mass is 10.1. The maximum absolute atomic E-state index is 10.8. The summed E-state index contributed by atoms with van der Waals surface area (Å²) in [6, 6.07) is 5.27. The summed E-state index contributed by atoms with van der Waals surface area (Å²) < 4.78 is 0. The molecule has 20 heavy (non-hydrogen) atoms. The number of nitrogens with zero attached hydrogens (tertiary/aromatic N) is 3. The molecule has 0 radical (unpaired) electrons. The number of nitrogens with one attached hydrogen (secondary N) is 2. The maximum atomic E-state index is 10.8. The van der Waals surface area contributed by atoms with E-state index >= 15 is 0 Å². The van der Waals surface area contributed by atoms with Crippen LogP contribution in [0.25, 0.3) is 0 Å². The van der Waals surface area contributed by atoms with E-state index in [1.54, 1.807) is 12.3 Å². The molecule has 0 saturated carbocycles. The fraction of sp³-hybridized carbons (Fsp3) is 0.364. The van der Waals surface area contributed by atoms with Crippen molar-refractivity contribution < 1.29 is 4.92 Å². The van der Waals surface area contributed by atoms with Gasteiger partial charge in [-0.05, 0) is 6.07 Å². The predicted octanol–water partition coefficient (Wildman–Crippen LogP) is 1.15. The van der Waals surface area contributed by atoms with E-state index in [1.165, 1.54) is 6.07 Å². The van der Waals surface area contributed by atoms with Crippen molar-refractivity contribution in [3.63, 3.8) is 0 Å². The van der Waals surface area contributed by atoms with Crippen molar-refractivity contribution in [2.24, 2.45) is 0 Å². The van der Waals surface area contributed by atoms with Crippen LogP contribution in [0.2, 0.25) is 0 Å². The standard InChI is InChI=1S/C11H11N5O2S2/c12-3-6-4-13-15-5-7(19)10(14-11(6)15)8-1-2-9(20-8)16(17)18/h1-2,4,7,10-11,13-14,19H,5H2. The molecule has 2 N–H and O–H groups in total. The van der Waals surface area contributed by atoms with E-state index in [0.717, 1.165) is 16.2 Å². The molecular weight excluding hydrogens is 298 g/mol. The number of rotatable bonds is 2. The number of hydrazine groups is 1. The third kappa shape index (κ3) is 2.16. The van der Waals surface area contributed by atoms with Gasteiger partial charge in [-0.2, -0.15) is 17.9 Å². The van der Waals surface area contributed by atoms with Crippen LogP contribution in [0.4, 0.5) is 5.00 Å². The van der Waals surface area contributed by atoms with Crippen LogP contribution in [-0.2, 0) is 0 Å².